The minimum Gasteiger partial charge on any atom is -0.436 e. The summed E-state index contributed by atoms with van der Waals surface area (Å²) in [6, 6.07) is 14.7. The van der Waals surface area contributed by atoms with E-state index >= 15 is 0 Å². The van der Waals surface area contributed by atoms with Gasteiger partial charge < -0.3 is 14.5 Å². The predicted molar refractivity (Wildman–Crippen MR) is 135 cm³/mol. The van der Waals surface area contributed by atoms with Crippen LogP contribution >= 0.6 is 23.4 Å². The molecule has 1 amide bonds. The van der Waals surface area contributed by atoms with E-state index in [9.17, 15) is 4.79 Å². The second kappa shape index (κ2) is 9.24. The molecule has 0 N–H and O–H groups in total. The Hall–Kier alpha value is -2.15. The lowest BCUT2D eigenvalue weighted by atomic mass is 9.88. The van der Waals surface area contributed by atoms with E-state index in [1.807, 2.05) is 6.07 Å². The lowest BCUT2D eigenvalue weighted by Crippen LogP contribution is -2.46. The summed E-state index contributed by atoms with van der Waals surface area (Å²) >= 11 is 8.15. The molecule has 0 atom stereocenters. The van der Waals surface area contributed by atoms with Gasteiger partial charge in [0.1, 0.15) is 0 Å². The maximum atomic E-state index is 12.3. The van der Waals surface area contributed by atoms with Crippen molar-refractivity contribution in [2.24, 2.45) is 0 Å². The van der Waals surface area contributed by atoms with Gasteiger partial charge in [-0.25, -0.2) is 4.79 Å². The highest BCUT2D eigenvalue weighted by Gasteiger charge is 2.50. The van der Waals surface area contributed by atoms with E-state index in [1.54, 1.807) is 16.7 Å². The van der Waals surface area contributed by atoms with Crippen molar-refractivity contribution in [3.8, 4) is 0 Å². The molecule has 0 bridgehead atoms. The molecule has 7 heteroatoms. The van der Waals surface area contributed by atoms with E-state index in [2.05, 4.69) is 59.7 Å². The van der Waals surface area contributed by atoms with Crippen molar-refractivity contribution in [1.82, 2.24) is 9.80 Å². The normalized spacial score (nSPS) is 19.6. The minimum absolute atomic E-state index is 0.228. The van der Waals surface area contributed by atoms with Gasteiger partial charge in [0.25, 0.3) is 0 Å². The van der Waals surface area contributed by atoms with Crippen LogP contribution in [-0.4, -0.2) is 54.2 Å². The molecule has 2 aromatic carbocycles. The van der Waals surface area contributed by atoms with Crippen LogP contribution in [0.5, 0.6) is 0 Å². The third-order valence-electron chi connectivity index (χ3n) is 6.91. The summed E-state index contributed by atoms with van der Waals surface area (Å²) in [5.74, 6) is 0. The molecule has 0 aromatic heterocycles. The number of hydrogen-bond acceptors (Lipinski definition) is 5. The Morgan fingerprint density at radius 1 is 1.03 bits per heavy atom. The van der Waals surface area contributed by atoms with Gasteiger partial charge in [-0.15, -0.1) is 0 Å². The number of rotatable bonds is 6. The number of piperidine rings is 1. The summed E-state index contributed by atoms with van der Waals surface area (Å²) < 4.78 is 5.84. The number of likely N-dealkylation sites (tertiary alicyclic amines) is 1. The molecule has 33 heavy (non-hydrogen) atoms. The Morgan fingerprint density at radius 2 is 1.79 bits per heavy atom. The van der Waals surface area contributed by atoms with Crippen LogP contribution in [0.2, 0.25) is 5.02 Å². The smallest absolute Gasteiger partial charge is 0.415 e. The zero-order valence-electron chi connectivity index (χ0n) is 19.1. The predicted octanol–water partition coefficient (Wildman–Crippen LogP) is 6.54. The van der Waals surface area contributed by atoms with Crippen molar-refractivity contribution in [3.63, 3.8) is 0 Å². The number of halogens is 1. The second-order valence-corrected chi connectivity index (χ2v) is 10.5. The SMILES string of the molecule is C=C1N(CCC)C(=O)OC12CCN(CCCN1c3ccccc3Sc3ccc(Cl)cc31)CC2. The van der Waals surface area contributed by atoms with Crippen LogP contribution < -0.4 is 4.90 Å². The van der Waals surface area contributed by atoms with E-state index in [0.717, 1.165) is 62.6 Å². The van der Waals surface area contributed by atoms with Gasteiger partial charge in [-0.2, -0.15) is 0 Å². The Balaban J connectivity index is 1.21. The number of para-hydroxylation sites is 1. The van der Waals surface area contributed by atoms with Crippen LogP contribution in [0.4, 0.5) is 16.2 Å². The van der Waals surface area contributed by atoms with Gasteiger partial charge in [0.15, 0.2) is 5.60 Å². The molecule has 174 valence electrons. The van der Waals surface area contributed by atoms with Crippen molar-refractivity contribution < 1.29 is 9.53 Å². The number of amides is 1. The molecule has 2 saturated heterocycles. The fourth-order valence-corrected chi connectivity index (χ4v) is 6.35. The Morgan fingerprint density at radius 3 is 2.58 bits per heavy atom. The topological polar surface area (TPSA) is 36.0 Å². The Bertz CT molecular complexity index is 1070. The zero-order chi connectivity index (χ0) is 23.0. The molecule has 0 unspecified atom stereocenters. The summed E-state index contributed by atoms with van der Waals surface area (Å²) in [7, 11) is 0. The maximum Gasteiger partial charge on any atom is 0.415 e. The van der Waals surface area contributed by atoms with Crippen molar-refractivity contribution >= 4 is 40.8 Å². The molecular formula is C26H30ClN3O2S. The second-order valence-electron chi connectivity index (χ2n) is 8.99. The molecule has 5 rings (SSSR count). The summed E-state index contributed by atoms with van der Waals surface area (Å²) in [6.45, 7) is 10.8. The van der Waals surface area contributed by atoms with E-state index < -0.39 is 5.60 Å². The standard InChI is InChI=1S/C26H30ClN3O2S/c1-3-13-29-19(2)26(32-25(29)31)11-16-28(17-12-26)14-6-15-30-21-7-4-5-8-23(21)33-24-10-9-20(27)18-22(24)30/h4-5,7-10,18H,2-3,6,11-17H2,1H3. The first-order valence-corrected chi connectivity index (χ1v) is 13.0. The minimum atomic E-state index is -0.499. The molecular weight excluding hydrogens is 454 g/mol. The fourth-order valence-electron chi connectivity index (χ4n) is 5.11. The van der Waals surface area contributed by atoms with Crippen molar-refractivity contribution in [3.05, 3.63) is 59.8 Å². The third kappa shape index (κ3) is 4.25. The Labute approximate surface area is 205 Å². The first kappa shape index (κ1) is 22.6. The lowest BCUT2D eigenvalue weighted by molar-refractivity contribution is 0.0147. The van der Waals surface area contributed by atoms with Gasteiger partial charge in [-0.05, 0) is 49.7 Å². The van der Waals surface area contributed by atoms with E-state index in [4.69, 9.17) is 16.3 Å². The number of fused-ring (bicyclic) bond motifs is 2. The number of hydrogen-bond donors (Lipinski definition) is 0. The Kier molecular flexibility index (Phi) is 6.34. The van der Waals surface area contributed by atoms with Crippen molar-refractivity contribution in [2.45, 2.75) is 48.0 Å². The van der Waals surface area contributed by atoms with Crippen LogP contribution in [0.15, 0.2) is 64.5 Å². The van der Waals surface area contributed by atoms with Gasteiger partial charge in [0.05, 0.1) is 17.1 Å². The third-order valence-corrected chi connectivity index (χ3v) is 8.27. The summed E-state index contributed by atoms with van der Waals surface area (Å²) in [4.78, 5) is 21.5. The molecule has 2 fully saturated rings. The highest BCUT2D eigenvalue weighted by molar-refractivity contribution is 7.99. The molecule has 5 nitrogen and oxygen atoms in total. The largest absolute Gasteiger partial charge is 0.436 e. The number of carbonyl (C=O) groups is 1. The fraction of sp³-hybridized carbons (Fsp3) is 0.423. The van der Waals surface area contributed by atoms with Gasteiger partial charge >= 0.3 is 6.09 Å². The summed E-state index contributed by atoms with van der Waals surface area (Å²) in [5.41, 5.74) is 2.79. The van der Waals surface area contributed by atoms with Crippen LogP contribution in [0, 0.1) is 0 Å². The number of ether oxygens (including phenoxy) is 1. The number of carbonyl (C=O) groups excluding carboxylic acids is 1. The molecule has 2 aromatic rings. The molecule has 1 spiro atoms. The van der Waals surface area contributed by atoms with Gasteiger partial charge in [-0.3, -0.25) is 4.90 Å². The maximum absolute atomic E-state index is 12.3. The molecule has 3 aliphatic rings. The molecule has 0 saturated carbocycles. The van der Waals surface area contributed by atoms with Gasteiger partial charge in [-0.1, -0.05) is 49.0 Å². The average molecular weight is 484 g/mol. The molecule has 3 aliphatic heterocycles. The highest BCUT2D eigenvalue weighted by Crippen LogP contribution is 2.48. The summed E-state index contributed by atoms with van der Waals surface area (Å²) in [6.07, 6.45) is 3.36. The number of nitrogens with zero attached hydrogens (tertiary/aromatic N) is 3. The van der Waals surface area contributed by atoms with Gasteiger partial charge in [0.2, 0.25) is 0 Å². The van der Waals surface area contributed by atoms with E-state index in [0.29, 0.717) is 6.54 Å². The average Bonchev–Trinajstić information content (AvgIpc) is 3.04. The van der Waals surface area contributed by atoms with Gasteiger partial charge in [0, 0.05) is 53.8 Å². The highest BCUT2D eigenvalue weighted by atomic mass is 35.5. The number of benzene rings is 2. The monoisotopic (exact) mass is 483 g/mol. The molecule has 0 radical (unpaired) electrons. The first-order valence-electron chi connectivity index (χ1n) is 11.8. The lowest BCUT2D eigenvalue weighted by Gasteiger charge is -2.39. The van der Waals surface area contributed by atoms with Crippen LogP contribution in [0.1, 0.15) is 32.6 Å². The summed E-state index contributed by atoms with van der Waals surface area (Å²) in [5, 5.41) is 0.767. The van der Waals surface area contributed by atoms with E-state index in [-0.39, 0.29) is 6.09 Å². The van der Waals surface area contributed by atoms with Crippen LogP contribution in [0.25, 0.3) is 0 Å². The van der Waals surface area contributed by atoms with Crippen molar-refractivity contribution in [2.75, 3.05) is 37.6 Å². The number of anilines is 2. The van der Waals surface area contributed by atoms with Crippen molar-refractivity contribution in [1.29, 1.82) is 0 Å². The molecule has 3 heterocycles. The zero-order valence-corrected chi connectivity index (χ0v) is 20.6. The van der Waals surface area contributed by atoms with E-state index in [1.165, 1.54) is 21.2 Å². The quantitative estimate of drug-likeness (QED) is 0.466. The van der Waals surface area contributed by atoms with Crippen LogP contribution in [0.3, 0.4) is 0 Å². The van der Waals surface area contributed by atoms with Crippen LogP contribution in [-0.2, 0) is 4.74 Å². The molecule has 0 aliphatic carbocycles. The first-order chi connectivity index (χ1) is 16.0.